The van der Waals surface area contributed by atoms with E-state index in [0.717, 1.165) is 12.5 Å². The van der Waals surface area contributed by atoms with E-state index < -0.39 is 0 Å². The highest BCUT2D eigenvalue weighted by molar-refractivity contribution is 5.17. The first-order valence-corrected chi connectivity index (χ1v) is 4.58. The van der Waals surface area contributed by atoms with Gasteiger partial charge in [-0.25, -0.2) is 4.98 Å². The zero-order chi connectivity index (χ0) is 8.23. The molecule has 3 heteroatoms. The smallest absolute Gasteiger partial charge is 0.294 e. The Morgan fingerprint density at radius 1 is 1.50 bits per heavy atom. The minimum absolute atomic E-state index is 0.655. The van der Waals surface area contributed by atoms with E-state index in [-0.39, 0.29) is 0 Å². The van der Waals surface area contributed by atoms with Crippen LogP contribution in [0.3, 0.4) is 0 Å². The molecule has 1 aliphatic carbocycles. The molecular weight excluding hydrogens is 152 g/mol. The van der Waals surface area contributed by atoms with Crippen molar-refractivity contribution in [2.45, 2.75) is 25.7 Å². The molecule has 0 aliphatic heterocycles. The van der Waals surface area contributed by atoms with Gasteiger partial charge in [-0.3, -0.25) is 0 Å². The van der Waals surface area contributed by atoms with Crippen LogP contribution in [-0.4, -0.2) is 11.5 Å². The minimum atomic E-state index is 0.655. The monoisotopic (exact) mass is 166 g/mol. The molecule has 0 unspecified atom stereocenters. The number of nitrogens with zero attached hydrogens (tertiary/aromatic N) is 1. The van der Waals surface area contributed by atoms with E-state index in [4.69, 9.17) is 4.42 Å². The Kier molecular flexibility index (Phi) is 2.30. The summed E-state index contributed by atoms with van der Waals surface area (Å²) in [5.41, 5.74) is 0. The highest BCUT2D eigenvalue weighted by Gasteiger charge is 2.14. The molecule has 1 N–H and O–H groups in total. The van der Waals surface area contributed by atoms with E-state index in [2.05, 4.69) is 10.3 Å². The second-order valence-corrected chi connectivity index (χ2v) is 3.37. The summed E-state index contributed by atoms with van der Waals surface area (Å²) in [5, 5.41) is 3.19. The summed E-state index contributed by atoms with van der Waals surface area (Å²) in [5.74, 6) is 0.830. The normalized spacial score (nSPS) is 18.3. The predicted octanol–water partition coefficient (Wildman–Crippen LogP) is 2.28. The van der Waals surface area contributed by atoms with Gasteiger partial charge >= 0.3 is 0 Å². The van der Waals surface area contributed by atoms with E-state index in [1.165, 1.54) is 25.7 Å². The van der Waals surface area contributed by atoms with Crippen molar-refractivity contribution in [3.8, 4) is 0 Å². The Balaban J connectivity index is 1.74. The van der Waals surface area contributed by atoms with Crippen LogP contribution in [-0.2, 0) is 0 Å². The van der Waals surface area contributed by atoms with Crippen molar-refractivity contribution < 1.29 is 4.42 Å². The van der Waals surface area contributed by atoms with Crippen molar-refractivity contribution in [3.05, 3.63) is 12.5 Å². The molecule has 1 heterocycles. The Hall–Kier alpha value is -0.990. The van der Waals surface area contributed by atoms with Crippen LogP contribution in [0, 0.1) is 5.92 Å². The molecule has 2 rings (SSSR count). The van der Waals surface area contributed by atoms with Crippen molar-refractivity contribution in [3.63, 3.8) is 0 Å². The molecule has 1 saturated carbocycles. The number of hydrogen-bond donors (Lipinski definition) is 1. The van der Waals surface area contributed by atoms with E-state index in [0.29, 0.717) is 6.01 Å². The van der Waals surface area contributed by atoms with Gasteiger partial charge in [0.25, 0.3) is 6.01 Å². The van der Waals surface area contributed by atoms with Gasteiger partial charge in [0.15, 0.2) is 0 Å². The predicted molar refractivity (Wildman–Crippen MR) is 47.0 cm³/mol. The van der Waals surface area contributed by atoms with Crippen LogP contribution in [0.25, 0.3) is 0 Å². The summed E-state index contributed by atoms with van der Waals surface area (Å²) in [6, 6.07) is 0.655. The van der Waals surface area contributed by atoms with Gasteiger partial charge in [-0.1, -0.05) is 12.8 Å². The molecule has 0 amide bonds. The maximum Gasteiger partial charge on any atom is 0.294 e. The SMILES string of the molecule is c1coc(NCC2CCCC2)n1. The first-order valence-electron chi connectivity index (χ1n) is 4.58. The fourth-order valence-corrected chi connectivity index (χ4v) is 1.76. The molecule has 0 spiro atoms. The lowest BCUT2D eigenvalue weighted by Crippen LogP contribution is -2.10. The zero-order valence-corrected chi connectivity index (χ0v) is 7.12. The van der Waals surface area contributed by atoms with Gasteiger partial charge in [0, 0.05) is 6.54 Å². The molecule has 0 bridgehead atoms. The average Bonchev–Trinajstić information content (AvgIpc) is 2.74. The van der Waals surface area contributed by atoms with Crippen molar-refractivity contribution >= 4 is 6.01 Å². The van der Waals surface area contributed by atoms with Gasteiger partial charge in [0.1, 0.15) is 6.26 Å². The zero-order valence-electron chi connectivity index (χ0n) is 7.12. The molecule has 1 fully saturated rings. The molecule has 0 saturated heterocycles. The quantitative estimate of drug-likeness (QED) is 0.748. The first-order chi connectivity index (χ1) is 5.95. The summed E-state index contributed by atoms with van der Waals surface area (Å²) in [6.07, 6.45) is 8.74. The van der Waals surface area contributed by atoms with Gasteiger partial charge in [-0.05, 0) is 18.8 Å². The Bertz CT molecular complexity index is 214. The van der Waals surface area contributed by atoms with Gasteiger partial charge in [-0.15, -0.1) is 0 Å². The molecule has 66 valence electrons. The number of nitrogens with one attached hydrogen (secondary N) is 1. The van der Waals surface area contributed by atoms with Crippen LogP contribution in [0.1, 0.15) is 25.7 Å². The van der Waals surface area contributed by atoms with Crippen LogP contribution >= 0.6 is 0 Å². The van der Waals surface area contributed by atoms with Gasteiger partial charge in [0.05, 0.1) is 6.20 Å². The van der Waals surface area contributed by atoms with E-state index >= 15 is 0 Å². The fourth-order valence-electron chi connectivity index (χ4n) is 1.76. The maximum absolute atomic E-state index is 5.07. The molecule has 12 heavy (non-hydrogen) atoms. The van der Waals surface area contributed by atoms with Crippen LogP contribution in [0.15, 0.2) is 16.9 Å². The average molecular weight is 166 g/mol. The van der Waals surface area contributed by atoms with Crippen LogP contribution in [0.4, 0.5) is 6.01 Å². The van der Waals surface area contributed by atoms with Crippen LogP contribution < -0.4 is 5.32 Å². The van der Waals surface area contributed by atoms with Gasteiger partial charge in [-0.2, -0.15) is 0 Å². The van der Waals surface area contributed by atoms with Crippen LogP contribution in [0.2, 0.25) is 0 Å². The standard InChI is InChI=1S/C9H14N2O/c1-2-4-8(3-1)7-11-9-10-5-6-12-9/h5-6,8H,1-4,7H2,(H,10,11). The van der Waals surface area contributed by atoms with E-state index in [1.807, 2.05) is 0 Å². The molecule has 0 radical (unpaired) electrons. The Labute approximate surface area is 72.2 Å². The molecule has 3 nitrogen and oxygen atoms in total. The van der Waals surface area contributed by atoms with E-state index in [9.17, 15) is 0 Å². The third kappa shape index (κ3) is 1.78. The lowest BCUT2D eigenvalue weighted by Gasteiger charge is -2.07. The molecule has 1 aliphatic rings. The Morgan fingerprint density at radius 3 is 3.00 bits per heavy atom. The van der Waals surface area contributed by atoms with Gasteiger partial charge < -0.3 is 9.73 Å². The topological polar surface area (TPSA) is 38.1 Å². The Morgan fingerprint density at radius 2 is 2.33 bits per heavy atom. The summed E-state index contributed by atoms with van der Waals surface area (Å²) in [7, 11) is 0. The number of aromatic nitrogens is 1. The first kappa shape index (κ1) is 7.65. The summed E-state index contributed by atoms with van der Waals surface area (Å²) < 4.78 is 5.07. The lowest BCUT2D eigenvalue weighted by atomic mass is 10.1. The molecule has 1 aromatic rings. The maximum atomic E-state index is 5.07. The minimum Gasteiger partial charge on any atom is -0.432 e. The van der Waals surface area contributed by atoms with Crippen molar-refractivity contribution in [2.75, 3.05) is 11.9 Å². The highest BCUT2D eigenvalue weighted by atomic mass is 16.4. The highest BCUT2D eigenvalue weighted by Crippen LogP contribution is 2.24. The third-order valence-electron chi connectivity index (χ3n) is 2.45. The van der Waals surface area contributed by atoms with Gasteiger partial charge in [0.2, 0.25) is 0 Å². The molecular formula is C9H14N2O. The molecule has 1 aromatic heterocycles. The number of hydrogen-bond acceptors (Lipinski definition) is 3. The fraction of sp³-hybridized carbons (Fsp3) is 0.667. The lowest BCUT2D eigenvalue weighted by molar-refractivity contribution is 0.537. The van der Waals surface area contributed by atoms with E-state index in [1.54, 1.807) is 12.5 Å². The second kappa shape index (κ2) is 3.61. The van der Waals surface area contributed by atoms with Crippen molar-refractivity contribution in [1.29, 1.82) is 0 Å². The molecule has 0 atom stereocenters. The largest absolute Gasteiger partial charge is 0.432 e. The summed E-state index contributed by atoms with van der Waals surface area (Å²) >= 11 is 0. The van der Waals surface area contributed by atoms with Crippen molar-refractivity contribution in [2.24, 2.45) is 5.92 Å². The van der Waals surface area contributed by atoms with Crippen molar-refractivity contribution in [1.82, 2.24) is 4.98 Å². The molecule has 0 aromatic carbocycles. The van der Waals surface area contributed by atoms with Crippen LogP contribution in [0.5, 0.6) is 0 Å². The second-order valence-electron chi connectivity index (χ2n) is 3.37. The number of rotatable bonds is 3. The summed E-state index contributed by atoms with van der Waals surface area (Å²) in [6.45, 7) is 1.01. The third-order valence-corrected chi connectivity index (χ3v) is 2.45. The number of oxazole rings is 1. The summed E-state index contributed by atoms with van der Waals surface area (Å²) in [4.78, 5) is 4.00. The number of anilines is 1.